The zero-order valence-electron chi connectivity index (χ0n) is 16.2. The van der Waals surface area contributed by atoms with Gasteiger partial charge in [-0.1, -0.05) is 19.3 Å². The topological polar surface area (TPSA) is 61.9 Å². The van der Waals surface area contributed by atoms with Crippen molar-refractivity contribution in [2.24, 2.45) is 0 Å². The molecule has 6 nitrogen and oxygen atoms in total. The minimum atomic E-state index is 0.0194. The van der Waals surface area contributed by atoms with Gasteiger partial charge in [0.15, 0.2) is 0 Å². The fourth-order valence-electron chi connectivity index (χ4n) is 4.27. The van der Waals surface area contributed by atoms with Gasteiger partial charge in [0.2, 0.25) is 5.88 Å². The fourth-order valence-corrected chi connectivity index (χ4v) is 4.27. The number of ether oxygens (including phenoxy) is 1. The predicted octanol–water partition coefficient (Wildman–Crippen LogP) is 3.77. The second kappa shape index (κ2) is 7.18. The molecule has 142 valence electrons. The van der Waals surface area contributed by atoms with E-state index in [0.717, 1.165) is 22.2 Å². The van der Waals surface area contributed by atoms with E-state index in [0.29, 0.717) is 18.5 Å². The van der Waals surface area contributed by atoms with Crippen LogP contribution in [0.1, 0.15) is 55.0 Å². The second-order valence-corrected chi connectivity index (χ2v) is 7.45. The Labute approximate surface area is 158 Å². The van der Waals surface area contributed by atoms with E-state index in [-0.39, 0.29) is 5.56 Å². The summed E-state index contributed by atoms with van der Waals surface area (Å²) in [6.45, 7) is 4.61. The highest BCUT2D eigenvalue weighted by Gasteiger charge is 2.23. The maximum atomic E-state index is 13.2. The van der Waals surface area contributed by atoms with Crippen LogP contribution in [0.5, 0.6) is 5.88 Å². The van der Waals surface area contributed by atoms with Crippen molar-refractivity contribution in [3.05, 3.63) is 51.8 Å². The molecule has 1 aliphatic carbocycles. The standard InChI is InChI=1S/C21H26N4O2/c1-14-15(2)25(17-7-5-4-6-8-17)20-19(14)21(26)24(13-23-20)12-16-9-10-22-18(11-16)27-3/h9-11,13,17H,4-8,12H2,1-3H3. The van der Waals surface area contributed by atoms with E-state index in [2.05, 4.69) is 16.5 Å². The van der Waals surface area contributed by atoms with Crippen LogP contribution in [-0.4, -0.2) is 26.2 Å². The molecule has 4 rings (SSSR count). The van der Waals surface area contributed by atoms with Crippen molar-refractivity contribution in [2.45, 2.75) is 58.5 Å². The third kappa shape index (κ3) is 3.13. The summed E-state index contributed by atoms with van der Waals surface area (Å²) < 4.78 is 9.17. The van der Waals surface area contributed by atoms with Gasteiger partial charge in [-0.25, -0.2) is 9.97 Å². The maximum Gasteiger partial charge on any atom is 0.263 e. The molecule has 3 aromatic rings. The number of rotatable bonds is 4. The van der Waals surface area contributed by atoms with E-state index < -0.39 is 0 Å². The van der Waals surface area contributed by atoms with Gasteiger partial charge in [0.05, 0.1) is 19.0 Å². The molecule has 0 aromatic carbocycles. The molecule has 3 aromatic heterocycles. The van der Waals surface area contributed by atoms with Crippen LogP contribution in [0.3, 0.4) is 0 Å². The Hall–Kier alpha value is -2.63. The summed E-state index contributed by atoms with van der Waals surface area (Å²) in [4.78, 5) is 22.1. The number of aromatic nitrogens is 4. The van der Waals surface area contributed by atoms with Crippen LogP contribution in [-0.2, 0) is 6.54 Å². The quantitative estimate of drug-likeness (QED) is 0.705. The molecule has 0 saturated heterocycles. The second-order valence-electron chi connectivity index (χ2n) is 7.45. The lowest BCUT2D eigenvalue weighted by molar-refractivity contribution is 0.355. The Kier molecular flexibility index (Phi) is 4.72. The minimum absolute atomic E-state index is 0.0194. The first-order valence-corrected chi connectivity index (χ1v) is 9.65. The highest BCUT2D eigenvalue weighted by molar-refractivity contribution is 5.81. The Bertz CT molecular complexity index is 1030. The van der Waals surface area contributed by atoms with Gasteiger partial charge < -0.3 is 9.30 Å². The van der Waals surface area contributed by atoms with Gasteiger partial charge in [0.1, 0.15) is 12.0 Å². The van der Waals surface area contributed by atoms with Gasteiger partial charge in [-0.05, 0) is 43.9 Å². The average Bonchev–Trinajstić information content (AvgIpc) is 2.96. The van der Waals surface area contributed by atoms with E-state index >= 15 is 0 Å². The first-order valence-electron chi connectivity index (χ1n) is 9.65. The van der Waals surface area contributed by atoms with Gasteiger partial charge in [0, 0.05) is 24.0 Å². The minimum Gasteiger partial charge on any atom is -0.481 e. The summed E-state index contributed by atoms with van der Waals surface area (Å²) in [5, 5.41) is 0.751. The molecule has 1 saturated carbocycles. The molecule has 6 heteroatoms. The molecular weight excluding hydrogens is 340 g/mol. The van der Waals surface area contributed by atoms with Crippen LogP contribution >= 0.6 is 0 Å². The van der Waals surface area contributed by atoms with E-state index in [4.69, 9.17) is 9.72 Å². The number of fused-ring (bicyclic) bond motifs is 1. The fraction of sp³-hybridized carbons (Fsp3) is 0.476. The van der Waals surface area contributed by atoms with Gasteiger partial charge >= 0.3 is 0 Å². The van der Waals surface area contributed by atoms with Crippen molar-refractivity contribution < 1.29 is 4.74 Å². The smallest absolute Gasteiger partial charge is 0.263 e. The molecule has 1 aliphatic rings. The zero-order valence-corrected chi connectivity index (χ0v) is 16.2. The molecule has 0 spiro atoms. The van der Waals surface area contributed by atoms with Gasteiger partial charge in [-0.15, -0.1) is 0 Å². The van der Waals surface area contributed by atoms with Gasteiger partial charge in [-0.3, -0.25) is 9.36 Å². The van der Waals surface area contributed by atoms with Crippen molar-refractivity contribution in [1.29, 1.82) is 0 Å². The summed E-state index contributed by atoms with van der Waals surface area (Å²) in [5.41, 5.74) is 4.04. The van der Waals surface area contributed by atoms with Crippen LogP contribution in [0, 0.1) is 13.8 Å². The summed E-state index contributed by atoms with van der Waals surface area (Å²) in [5.74, 6) is 0.546. The summed E-state index contributed by atoms with van der Waals surface area (Å²) >= 11 is 0. The third-order valence-electron chi connectivity index (χ3n) is 5.83. The molecule has 0 radical (unpaired) electrons. The van der Waals surface area contributed by atoms with Crippen molar-refractivity contribution in [1.82, 2.24) is 19.1 Å². The Balaban J connectivity index is 1.78. The largest absolute Gasteiger partial charge is 0.481 e. The summed E-state index contributed by atoms with van der Waals surface area (Å²) in [7, 11) is 1.59. The molecule has 1 fully saturated rings. The Morgan fingerprint density at radius 2 is 1.96 bits per heavy atom. The zero-order chi connectivity index (χ0) is 19.0. The van der Waals surface area contributed by atoms with E-state index in [9.17, 15) is 4.79 Å². The van der Waals surface area contributed by atoms with Gasteiger partial charge in [0.25, 0.3) is 5.56 Å². The van der Waals surface area contributed by atoms with Crippen LogP contribution in [0.2, 0.25) is 0 Å². The number of pyridine rings is 1. The molecule has 0 amide bonds. The lowest BCUT2D eigenvalue weighted by Gasteiger charge is -2.25. The van der Waals surface area contributed by atoms with Crippen molar-refractivity contribution in [2.75, 3.05) is 7.11 Å². The number of hydrogen-bond donors (Lipinski definition) is 0. The van der Waals surface area contributed by atoms with Crippen molar-refractivity contribution in [3.8, 4) is 5.88 Å². The van der Waals surface area contributed by atoms with Crippen LogP contribution in [0.15, 0.2) is 29.5 Å². The normalized spacial score (nSPS) is 15.4. The molecule has 0 bridgehead atoms. The van der Waals surface area contributed by atoms with Crippen molar-refractivity contribution in [3.63, 3.8) is 0 Å². The molecule has 0 aliphatic heterocycles. The molecule has 3 heterocycles. The Morgan fingerprint density at radius 3 is 2.70 bits per heavy atom. The SMILES string of the molecule is COc1cc(Cn2cnc3c(c(C)c(C)n3C3CCCCC3)c2=O)ccn1. The highest BCUT2D eigenvalue weighted by atomic mass is 16.5. The number of methoxy groups -OCH3 is 1. The lowest BCUT2D eigenvalue weighted by atomic mass is 9.95. The molecular formula is C21H26N4O2. The van der Waals surface area contributed by atoms with Crippen LogP contribution in [0.25, 0.3) is 11.0 Å². The van der Waals surface area contributed by atoms with Crippen LogP contribution in [0.4, 0.5) is 0 Å². The monoisotopic (exact) mass is 366 g/mol. The lowest BCUT2D eigenvalue weighted by Crippen LogP contribution is -2.22. The molecule has 27 heavy (non-hydrogen) atoms. The maximum absolute atomic E-state index is 13.2. The summed E-state index contributed by atoms with van der Waals surface area (Å²) in [6.07, 6.45) is 9.53. The molecule has 0 atom stereocenters. The predicted molar refractivity (Wildman–Crippen MR) is 105 cm³/mol. The Morgan fingerprint density at radius 1 is 1.19 bits per heavy atom. The molecule has 0 unspecified atom stereocenters. The molecule has 0 N–H and O–H groups in total. The van der Waals surface area contributed by atoms with E-state index in [1.54, 1.807) is 24.2 Å². The average molecular weight is 366 g/mol. The van der Waals surface area contributed by atoms with Crippen LogP contribution < -0.4 is 10.3 Å². The van der Waals surface area contributed by atoms with Crippen molar-refractivity contribution >= 4 is 11.0 Å². The van der Waals surface area contributed by atoms with E-state index in [1.807, 2.05) is 19.1 Å². The number of nitrogens with zero attached hydrogens (tertiary/aromatic N) is 4. The number of hydrogen-bond acceptors (Lipinski definition) is 4. The first kappa shape index (κ1) is 17.8. The number of aryl methyl sites for hydroxylation is 1. The summed E-state index contributed by atoms with van der Waals surface area (Å²) in [6, 6.07) is 4.20. The first-order chi connectivity index (χ1) is 13.1. The highest BCUT2D eigenvalue weighted by Crippen LogP contribution is 2.33. The van der Waals surface area contributed by atoms with E-state index in [1.165, 1.54) is 37.8 Å². The third-order valence-corrected chi connectivity index (χ3v) is 5.83. The van der Waals surface area contributed by atoms with Gasteiger partial charge in [-0.2, -0.15) is 0 Å².